The Balaban J connectivity index is 2.26. The fourth-order valence-corrected chi connectivity index (χ4v) is 1.43. The number of hydrogen-bond donors (Lipinski definition) is 1. The lowest BCUT2D eigenvalue weighted by Crippen LogP contribution is -2.00. The Morgan fingerprint density at radius 3 is 2.72 bits per heavy atom. The van der Waals surface area contributed by atoms with Crippen LogP contribution in [0.5, 0.6) is 0 Å². The summed E-state index contributed by atoms with van der Waals surface area (Å²) in [5.41, 5.74) is 1.28. The van der Waals surface area contributed by atoms with E-state index in [9.17, 15) is 5.11 Å². The number of aliphatic hydroxyl groups excluding tert-OH is 1. The first-order chi connectivity index (χ1) is 8.83. The van der Waals surface area contributed by atoms with Crippen LogP contribution < -0.4 is 0 Å². The van der Waals surface area contributed by atoms with Gasteiger partial charge in [0.05, 0.1) is 0 Å². The van der Waals surface area contributed by atoms with Crippen molar-refractivity contribution < 1.29 is 5.11 Å². The third-order valence-corrected chi connectivity index (χ3v) is 2.42. The lowest BCUT2D eigenvalue weighted by Gasteiger charge is -1.96. The molecule has 92 valence electrons. The Morgan fingerprint density at radius 2 is 2.00 bits per heavy atom. The van der Waals surface area contributed by atoms with Gasteiger partial charge in [0.25, 0.3) is 0 Å². The second kappa shape index (κ2) is 9.11. The highest BCUT2D eigenvalue weighted by Crippen LogP contribution is 2.01. The van der Waals surface area contributed by atoms with Crippen LogP contribution in [0.4, 0.5) is 0 Å². The average Bonchev–Trinajstić information content (AvgIpc) is 2.41. The van der Waals surface area contributed by atoms with Crippen molar-refractivity contribution >= 4 is 0 Å². The molecular formula is C17H18O. The van der Waals surface area contributed by atoms with Gasteiger partial charge in [-0.25, -0.2) is 0 Å². The molecule has 0 amide bonds. The summed E-state index contributed by atoms with van der Waals surface area (Å²) in [5.74, 6) is 11.1. The summed E-state index contributed by atoms with van der Waals surface area (Å²) in [4.78, 5) is 0. The molecule has 0 bridgehead atoms. The first-order valence-electron chi connectivity index (χ1n) is 6.14. The maximum absolute atomic E-state index is 9.43. The number of aliphatic hydroxyl groups is 1. The lowest BCUT2D eigenvalue weighted by molar-refractivity contribution is 0.223. The van der Waals surface area contributed by atoms with Crippen LogP contribution in [0.2, 0.25) is 0 Å². The molecule has 18 heavy (non-hydrogen) atoms. The molecule has 0 spiro atoms. The summed E-state index contributed by atoms with van der Waals surface area (Å²) < 4.78 is 0. The highest BCUT2D eigenvalue weighted by Gasteiger charge is 1.94. The van der Waals surface area contributed by atoms with Crippen molar-refractivity contribution in [3.63, 3.8) is 0 Å². The predicted molar refractivity (Wildman–Crippen MR) is 75.8 cm³/mol. The van der Waals surface area contributed by atoms with Crippen LogP contribution in [-0.4, -0.2) is 11.2 Å². The van der Waals surface area contributed by atoms with E-state index < -0.39 is 6.10 Å². The summed E-state index contributed by atoms with van der Waals surface area (Å²) in [5, 5.41) is 9.43. The van der Waals surface area contributed by atoms with Crippen molar-refractivity contribution in [2.45, 2.75) is 31.8 Å². The molecule has 1 rings (SSSR count). The molecular weight excluding hydrogens is 220 g/mol. The smallest absolute Gasteiger partial charge is 0.116 e. The third-order valence-electron chi connectivity index (χ3n) is 2.42. The van der Waals surface area contributed by atoms with Gasteiger partial charge in [0, 0.05) is 6.42 Å². The van der Waals surface area contributed by atoms with Gasteiger partial charge in [-0.1, -0.05) is 48.2 Å². The Kier molecular flexibility index (Phi) is 7.14. The topological polar surface area (TPSA) is 20.2 Å². The Bertz CT molecular complexity index is 465. The number of hydrogen-bond acceptors (Lipinski definition) is 1. The Labute approximate surface area is 110 Å². The molecule has 0 fully saturated rings. The summed E-state index contributed by atoms with van der Waals surface area (Å²) in [6, 6.07) is 10.2. The second-order valence-electron chi connectivity index (χ2n) is 3.94. The van der Waals surface area contributed by atoms with Crippen LogP contribution in [0.3, 0.4) is 0 Å². The quantitative estimate of drug-likeness (QED) is 0.617. The van der Waals surface area contributed by atoms with Crippen molar-refractivity contribution in [1.82, 2.24) is 0 Å². The van der Waals surface area contributed by atoms with Gasteiger partial charge in [0.2, 0.25) is 0 Å². The first kappa shape index (κ1) is 14.1. The summed E-state index contributed by atoms with van der Waals surface area (Å²) in [6.07, 6.45) is 4.32. The van der Waals surface area contributed by atoms with Crippen molar-refractivity contribution in [3.8, 4) is 23.7 Å². The molecule has 0 unspecified atom stereocenters. The fraction of sp³-hybridized carbons (Fsp3) is 0.294. The highest BCUT2D eigenvalue weighted by atomic mass is 16.3. The maximum atomic E-state index is 9.43. The van der Waals surface area contributed by atoms with Gasteiger partial charge < -0.3 is 5.11 Å². The van der Waals surface area contributed by atoms with Crippen LogP contribution in [0.25, 0.3) is 0 Å². The maximum Gasteiger partial charge on any atom is 0.116 e. The molecule has 1 aromatic carbocycles. The molecule has 0 aliphatic heterocycles. The van der Waals surface area contributed by atoms with Gasteiger partial charge in [-0.15, -0.1) is 6.58 Å². The van der Waals surface area contributed by atoms with E-state index in [2.05, 4.69) is 42.4 Å². The molecule has 0 saturated heterocycles. The zero-order valence-corrected chi connectivity index (χ0v) is 10.5. The molecule has 0 saturated carbocycles. The zero-order chi connectivity index (χ0) is 13.1. The van der Waals surface area contributed by atoms with Crippen molar-refractivity contribution in [2.24, 2.45) is 0 Å². The van der Waals surface area contributed by atoms with E-state index in [-0.39, 0.29) is 0 Å². The largest absolute Gasteiger partial charge is 0.380 e. The summed E-state index contributed by atoms with van der Waals surface area (Å²) in [7, 11) is 0. The lowest BCUT2D eigenvalue weighted by atomic mass is 10.1. The standard InChI is InChI=1S/C17H18O/c1-2-3-14-17(18)15-10-5-4-7-11-16-12-8-6-9-13-16/h2,6,8-9,12-13,17-18H,1,3,7,11,14H2/t17-/m1/s1. The van der Waals surface area contributed by atoms with Gasteiger partial charge in [-0.3, -0.25) is 0 Å². The van der Waals surface area contributed by atoms with E-state index in [1.165, 1.54) is 5.56 Å². The molecule has 1 nitrogen and oxygen atoms in total. The molecule has 1 atom stereocenters. The minimum Gasteiger partial charge on any atom is -0.380 e. The van der Waals surface area contributed by atoms with Crippen molar-refractivity contribution in [2.75, 3.05) is 0 Å². The highest BCUT2D eigenvalue weighted by molar-refractivity contribution is 5.28. The van der Waals surface area contributed by atoms with Crippen LogP contribution in [0, 0.1) is 23.7 Å². The van der Waals surface area contributed by atoms with E-state index in [1.807, 2.05) is 18.2 Å². The molecule has 1 heteroatoms. The van der Waals surface area contributed by atoms with Crippen LogP contribution >= 0.6 is 0 Å². The molecule has 0 radical (unpaired) electrons. The van der Waals surface area contributed by atoms with Crippen LogP contribution in [0.1, 0.15) is 24.8 Å². The number of allylic oxidation sites excluding steroid dienone is 1. The first-order valence-corrected chi connectivity index (χ1v) is 6.14. The van der Waals surface area contributed by atoms with Crippen LogP contribution in [-0.2, 0) is 6.42 Å². The van der Waals surface area contributed by atoms with Crippen LogP contribution in [0.15, 0.2) is 43.0 Å². The number of rotatable bonds is 5. The predicted octanol–water partition coefficient (Wildman–Crippen LogP) is 2.95. The molecule has 0 heterocycles. The van der Waals surface area contributed by atoms with Gasteiger partial charge in [-0.2, -0.15) is 0 Å². The Hall–Kier alpha value is -1.96. The van der Waals surface area contributed by atoms with Gasteiger partial charge in [0.15, 0.2) is 0 Å². The molecule has 0 aliphatic rings. The average molecular weight is 238 g/mol. The summed E-state index contributed by atoms with van der Waals surface area (Å²) in [6.45, 7) is 3.59. The van der Waals surface area contributed by atoms with Gasteiger partial charge >= 0.3 is 0 Å². The molecule has 0 aliphatic carbocycles. The monoisotopic (exact) mass is 238 g/mol. The Morgan fingerprint density at radius 1 is 1.22 bits per heavy atom. The fourth-order valence-electron chi connectivity index (χ4n) is 1.43. The van der Waals surface area contributed by atoms with E-state index in [1.54, 1.807) is 6.08 Å². The minimum atomic E-state index is -0.591. The van der Waals surface area contributed by atoms with E-state index in [0.717, 1.165) is 19.3 Å². The summed E-state index contributed by atoms with van der Waals surface area (Å²) >= 11 is 0. The second-order valence-corrected chi connectivity index (χ2v) is 3.94. The zero-order valence-electron chi connectivity index (χ0n) is 10.5. The molecule has 1 N–H and O–H groups in total. The van der Waals surface area contributed by atoms with E-state index in [4.69, 9.17) is 0 Å². The van der Waals surface area contributed by atoms with Crippen molar-refractivity contribution in [1.29, 1.82) is 0 Å². The third kappa shape index (κ3) is 6.59. The number of aryl methyl sites for hydroxylation is 1. The van der Waals surface area contributed by atoms with Crippen molar-refractivity contribution in [3.05, 3.63) is 48.6 Å². The SMILES string of the molecule is C=CCC[C@@H](O)C#CC#CCCc1ccccc1. The molecule has 0 aromatic heterocycles. The van der Waals surface area contributed by atoms with E-state index >= 15 is 0 Å². The molecule has 1 aromatic rings. The van der Waals surface area contributed by atoms with E-state index in [0.29, 0.717) is 6.42 Å². The number of benzene rings is 1. The van der Waals surface area contributed by atoms with Gasteiger partial charge in [0.1, 0.15) is 6.10 Å². The minimum absolute atomic E-state index is 0.591. The normalized spacial score (nSPS) is 10.5. The van der Waals surface area contributed by atoms with Gasteiger partial charge in [-0.05, 0) is 36.7 Å².